The van der Waals surface area contributed by atoms with Gasteiger partial charge in [0.1, 0.15) is 17.1 Å². The van der Waals surface area contributed by atoms with E-state index in [1.807, 2.05) is 0 Å². The average molecular weight is 615 g/mol. The Morgan fingerprint density at radius 2 is 1.78 bits per heavy atom. The number of carbonyl (C=O) groups excluding carboxylic acids is 1. The highest BCUT2D eigenvalue weighted by molar-refractivity contribution is 14.1. The second-order valence-electron chi connectivity index (χ2n) is 8.56. The topological polar surface area (TPSA) is 63.2 Å². The predicted octanol–water partition coefficient (Wildman–Crippen LogP) is 6.38. The van der Waals surface area contributed by atoms with Gasteiger partial charge in [-0.3, -0.25) is 4.98 Å². The molecule has 2 amide bonds. The largest absolute Gasteiger partial charge is 0.496 e. The zero-order valence-electron chi connectivity index (χ0n) is 19.9. The van der Waals surface area contributed by atoms with Crippen LogP contribution in [0.4, 0.5) is 22.4 Å². The maximum atomic E-state index is 14.7. The number of amides is 2. The van der Waals surface area contributed by atoms with Crippen LogP contribution in [0.5, 0.6) is 5.75 Å². The molecule has 0 bridgehead atoms. The van der Waals surface area contributed by atoms with Crippen molar-refractivity contribution in [3.05, 3.63) is 94.6 Å². The number of nitrogens with one attached hydrogen (secondary N) is 2. The number of carbonyl (C=O) groups is 1. The van der Waals surface area contributed by atoms with Crippen LogP contribution >= 0.6 is 22.6 Å². The number of alkyl halides is 4. The summed E-state index contributed by atoms with van der Waals surface area (Å²) in [6.45, 7) is 3.50. The van der Waals surface area contributed by atoms with E-state index >= 15 is 0 Å². The van der Waals surface area contributed by atoms with Gasteiger partial charge < -0.3 is 15.4 Å². The highest BCUT2D eigenvalue weighted by Crippen LogP contribution is 2.39. The van der Waals surface area contributed by atoms with E-state index in [2.05, 4.69) is 38.2 Å². The van der Waals surface area contributed by atoms with E-state index in [0.717, 1.165) is 17.7 Å². The molecule has 0 aliphatic rings. The Morgan fingerprint density at radius 3 is 2.36 bits per heavy atom. The Morgan fingerprint density at radius 1 is 1.08 bits per heavy atom. The molecule has 3 aromatic rings. The van der Waals surface area contributed by atoms with Crippen molar-refractivity contribution in [1.82, 2.24) is 15.6 Å². The van der Waals surface area contributed by atoms with E-state index in [0.29, 0.717) is 21.8 Å². The quantitative estimate of drug-likeness (QED) is 0.176. The Balaban J connectivity index is 2.34. The van der Waals surface area contributed by atoms with E-state index < -0.39 is 29.1 Å². The van der Waals surface area contributed by atoms with Crippen LogP contribution in [0.25, 0.3) is 0 Å². The van der Waals surface area contributed by atoms with Crippen molar-refractivity contribution >= 4 is 28.6 Å². The van der Waals surface area contributed by atoms with Crippen molar-refractivity contribution in [3.63, 3.8) is 0 Å². The minimum absolute atomic E-state index is 0.0557. The van der Waals surface area contributed by atoms with Crippen LogP contribution in [0.3, 0.4) is 0 Å². The van der Waals surface area contributed by atoms with Crippen LogP contribution in [0.15, 0.2) is 60.8 Å². The van der Waals surface area contributed by atoms with Crippen molar-refractivity contribution in [3.8, 4) is 5.75 Å². The number of hydrogen-bond donors (Lipinski definition) is 2. The summed E-state index contributed by atoms with van der Waals surface area (Å²) in [6, 6.07) is 11.7. The second kappa shape index (κ2) is 11.4. The van der Waals surface area contributed by atoms with Crippen molar-refractivity contribution in [2.24, 2.45) is 0 Å². The number of halogens is 5. The van der Waals surface area contributed by atoms with Gasteiger partial charge in [0.05, 0.1) is 18.4 Å². The smallest absolute Gasteiger partial charge is 0.416 e. The fourth-order valence-corrected chi connectivity index (χ4v) is 4.35. The highest BCUT2D eigenvalue weighted by Gasteiger charge is 2.41. The molecule has 0 fully saturated rings. The molecule has 0 unspecified atom stereocenters. The zero-order chi connectivity index (χ0) is 26.5. The summed E-state index contributed by atoms with van der Waals surface area (Å²) in [5.74, 6) is -0.622. The summed E-state index contributed by atoms with van der Waals surface area (Å²) in [5.41, 5.74) is -1.22. The number of rotatable bonds is 8. The Hall–Kier alpha value is -2.89. The Kier molecular flexibility index (Phi) is 8.80. The molecule has 192 valence electrons. The first kappa shape index (κ1) is 27.7. The Labute approximate surface area is 220 Å². The number of benzene rings is 2. The van der Waals surface area contributed by atoms with E-state index in [1.54, 1.807) is 56.4 Å². The molecule has 5 nitrogen and oxygen atoms in total. The maximum Gasteiger partial charge on any atom is 0.416 e. The highest BCUT2D eigenvalue weighted by atomic mass is 127. The number of nitrogens with zero attached hydrogens (tertiary/aromatic N) is 1. The van der Waals surface area contributed by atoms with E-state index in [4.69, 9.17) is 4.74 Å². The standard InChI is InChI=1S/C26H26F4IN3O2/c1-16(2)33-24(35)34-25(23-9-8-17(14-31)15-32-23,13-18-6-4-5-7-22(18)36-3)19-10-20(26(28,29)30)12-21(27)11-19/h4-12,15-16H,13-14H2,1-3H3,(H2,33,34,35)/t25-/m1/s1. The van der Waals surface area contributed by atoms with Crippen LogP contribution in [0.2, 0.25) is 0 Å². The normalized spacial score (nSPS) is 13.2. The third-order valence-electron chi connectivity index (χ3n) is 5.53. The van der Waals surface area contributed by atoms with Gasteiger partial charge in [-0.05, 0) is 60.9 Å². The summed E-state index contributed by atoms with van der Waals surface area (Å²) in [5, 5.41) is 5.54. The zero-order valence-corrected chi connectivity index (χ0v) is 22.1. The van der Waals surface area contributed by atoms with Crippen LogP contribution in [-0.2, 0) is 22.6 Å². The summed E-state index contributed by atoms with van der Waals surface area (Å²) < 4.78 is 61.9. The monoisotopic (exact) mass is 615 g/mol. The molecule has 3 rings (SSSR count). The van der Waals surface area contributed by atoms with Gasteiger partial charge in [0.25, 0.3) is 0 Å². The third kappa shape index (κ3) is 6.45. The molecule has 2 aromatic carbocycles. The van der Waals surface area contributed by atoms with Crippen LogP contribution in [-0.4, -0.2) is 24.2 Å². The SMILES string of the molecule is COc1ccccc1C[C@@](NC(=O)NC(C)C)(c1cc(F)cc(C(F)(F)F)c1)c1ccc(CI)cn1. The number of pyridine rings is 1. The molecular weight excluding hydrogens is 589 g/mol. The van der Waals surface area contributed by atoms with Gasteiger partial charge in [-0.1, -0.05) is 46.9 Å². The van der Waals surface area contributed by atoms with E-state index in [9.17, 15) is 22.4 Å². The van der Waals surface area contributed by atoms with Gasteiger partial charge in [0.15, 0.2) is 0 Å². The molecule has 1 aromatic heterocycles. The lowest BCUT2D eigenvalue weighted by Gasteiger charge is -2.36. The van der Waals surface area contributed by atoms with Crippen molar-refractivity contribution in [1.29, 1.82) is 0 Å². The molecule has 2 N–H and O–H groups in total. The lowest BCUT2D eigenvalue weighted by atomic mass is 9.79. The molecule has 1 heterocycles. The van der Waals surface area contributed by atoms with Gasteiger partial charge in [-0.2, -0.15) is 13.2 Å². The molecule has 0 radical (unpaired) electrons. The molecule has 0 saturated heterocycles. The lowest BCUT2D eigenvalue weighted by Crippen LogP contribution is -2.53. The molecule has 0 saturated carbocycles. The fraction of sp³-hybridized carbons (Fsp3) is 0.308. The summed E-state index contributed by atoms with van der Waals surface area (Å²) >= 11 is 2.17. The molecule has 0 spiro atoms. The van der Waals surface area contributed by atoms with Crippen molar-refractivity contribution in [2.45, 2.75) is 42.5 Å². The predicted molar refractivity (Wildman–Crippen MR) is 138 cm³/mol. The first-order valence-electron chi connectivity index (χ1n) is 11.1. The van der Waals surface area contributed by atoms with Crippen molar-refractivity contribution < 1.29 is 27.1 Å². The minimum atomic E-state index is -4.80. The molecule has 36 heavy (non-hydrogen) atoms. The van der Waals surface area contributed by atoms with Crippen molar-refractivity contribution in [2.75, 3.05) is 7.11 Å². The van der Waals surface area contributed by atoms with Crippen LogP contribution in [0.1, 0.15) is 41.8 Å². The number of methoxy groups -OCH3 is 1. The molecule has 0 aliphatic heterocycles. The summed E-state index contributed by atoms with van der Waals surface area (Å²) in [7, 11) is 1.47. The summed E-state index contributed by atoms with van der Waals surface area (Å²) in [6.07, 6.45) is -3.27. The number of urea groups is 1. The minimum Gasteiger partial charge on any atom is -0.496 e. The lowest BCUT2D eigenvalue weighted by molar-refractivity contribution is -0.137. The second-order valence-corrected chi connectivity index (χ2v) is 9.32. The van der Waals surface area contributed by atoms with Gasteiger partial charge in [0.2, 0.25) is 0 Å². The van der Waals surface area contributed by atoms with Crippen LogP contribution in [0, 0.1) is 5.82 Å². The van der Waals surface area contributed by atoms with E-state index in [1.165, 1.54) is 7.11 Å². The van der Waals surface area contributed by atoms with Gasteiger partial charge in [0, 0.05) is 23.1 Å². The average Bonchev–Trinajstić information content (AvgIpc) is 2.82. The fourth-order valence-electron chi connectivity index (χ4n) is 3.90. The number of hydrogen-bond acceptors (Lipinski definition) is 3. The molecule has 10 heteroatoms. The first-order chi connectivity index (χ1) is 17.0. The number of aromatic nitrogens is 1. The first-order valence-corrected chi connectivity index (χ1v) is 12.6. The number of para-hydroxylation sites is 1. The van der Waals surface area contributed by atoms with Gasteiger partial charge in [-0.25, -0.2) is 9.18 Å². The molecular formula is C26H26F4IN3O2. The maximum absolute atomic E-state index is 14.7. The van der Waals surface area contributed by atoms with E-state index in [-0.39, 0.29) is 23.7 Å². The van der Waals surface area contributed by atoms with Gasteiger partial charge in [-0.15, -0.1) is 0 Å². The third-order valence-corrected chi connectivity index (χ3v) is 6.41. The summed E-state index contributed by atoms with van der Waals surface area (Å²) in [4.78, 5) is 17.6. The van der Waals surface area contributed by atoms with Gasteiger partial charge >= 0.3 is 12.2 Å². The number of ether oxygens (including phenoxy) is 1. The molecule has 0 aliphatic carbocycles. The van der Waals surface area contributed by atoms with Crippen LogP contribution < -0.4 is 15.4 Å². The Bertz CT molecular complexity index is 1200. The molecule has 1 atom stereocenters.